The van der Waals surface area contributed by atoms with Crippen LogP contribution in [0.2, 0.25) is 0 Å². The molecule has 2 N–H and O–H groups in total. The summed E-state index contributed by atoms with van der Waals surface area (Å²) in [5.41, 5.74) is 0. The lowest BCUT2D eigenvalue weighted by molar-refractivity contribution is -0.162. The van der Waals surface area contributed by atoms with Gasteiger partial charge in [-0.25, -0.2) is 0 Å². The Labute approximate surface area is 107 Å². The van der Waals surface area contributed by atoms with E-state index in [4.69, 9.17) is 0 Å². The molecule has 2 aliphatic rings. The first kappa shape index (κ1) is 14.1. The molecular formula is C13H23F3N2. The molecule has 0 aromatic heterocycles. The second-order valence-electron chi connectivity index (χ2n) is 6.09. The largest absolute Gasteiger partial charge is 0.403 e. The van der Waals surface area contributed by atoms with Crippen molar-refractivity contribution in [2.75, 3.05) is 13.1 Å². The first-order valence-corrected chi connectivity index (χ1v) is 6.91. The van der Waals surface area contributed by atoms with Gasteiger partial charge >= 0.3 is 6.18 Å². The van der Waals surface area contributed by atoms with Gasteiger partial charge in [0, 0.05) is 12.6 Å². The van der Waals surface area contributed by atoms with E-state index in [1.807, 2.05) is 0 Å². The van der Waals surface area contributed by atoms with Crippen molar-refractivity contribution in [1.29, 1.82) is 0 Å². The highest BCUT2D eigenvalue weighted by atomic mass is 19.4. The van der Waals surface area contributed by atoms with Gasteiger partial charge < -0.3 is 10.6 Å². The molecule has 106 valence electrons. The molecule has 0 aromatic rings. The Morgan fingerprint density at radius 3 is 2.22 bits per heavy atom. The summed E-state index contributed by atoms with van der Waals surface area (Å²) < 4.78 is 37.7. The van der Waals surface area contributed by atoms with E-state index in [9.17, 15) is 13.2 Å². The minimum Gasteiger partial charge on any atom is -0.313 e. The Kier molecular flexibility index (Phi) is 4.22. The van der Waals surface area contributed by atoms with Crippen LogP contribution in [0, 0.1) is 17.8 Å². The number of rotatable bonds is 1. The van der Waals surface area contributed by atoms with Gasteiger partial charge in [-0.05, 0) is 43.6 Å². The molecule has 2 saturated heterocycles. The van der Waals surface area contributed by atoms with Crippen LogP contribution in [-0.2, 0) is 0 Å². The highest BCUT2D eigenvalue weighted by Crippen LogP contribution is 2.32. The highest BCUT2D eigenvalue weighted by molar-refractivity contribution is 4.92. The number of hydrogen-bond acceptors (Lipinski definition) is 2. The van der Waals surface area contributed by atoms with Crippen molar-refractivity contribution >= 4 is 0 Å². The molecule has 0 bridgehead atoms. The van der Waals surface area contributed by atoms with Crippen LogP contribution < -0.4 is 10.6 Å². The van der Waals surface area contributed by atoms with Crippen molar-refractivity contribution in [2.45, 2.75) is 51.4 Å². The molecule has 18 heavy (non-hydrogen) atoms. The first-order chi connectivity index (χ1) is 8.38. The SMILES string of the molecule is CC1CNC(C2CCC(C(F)(F)F)NC2)C(C)C1. The normalized spacial score (nSPS) is 42.8. The molecule has 5 atom stereocenters. The maximum atomic E-state index is 12.6. The Hall–Kier alpha value is -0.290. The molecular weight excluding hydrogens is 241 g/mol. The Balaban J connectivity index is 1.86. The van der Waals surface area contributed by atoms with Crippen molar-refractivity contribution in [3.63, 3.8) is 0 Å². The third kappa shape index (κ3) is 3.18. The van der Waals surface area contributed by atoms with Crippen LogP contribution in [0.3, 0.4) is 0 Å². The second-order valence-corrected chi connectivity index (χ2v) is 6.09. The van der Waals surface area contributed by atoms with Gasteiger partial charge in [-0.1, -0.05) is 13.8 Å². The summed E-state index contributed by atoms with van der Waals surface area (Å²) in [6, 6.07) is -0.922. The summed E-state index contributed by atoms with van der Waals surface area (Å²) in [6.07, 6.45) is -2.02. The van der Waals surface area contributed by atoms with Crippen molar-refractivity contribution < 1.29 is 13.2 Å². The average Bonchev–Trinajstić information content (AvgIpc) is 2.28. The summed E-state index contributed by atoms with van der Waals surface area (Å²) >= 11 is 0. The Morgan fingerprint density at radius 1 is 1.00 bits per heavy atom. The monoisotopic (exact) mass is 264 g/mol. The lowest BCUT2D eigenvalue weighted by atomic mass is 9.77. The van der Waals surface area contributed by atoms with Crippen LogP contribution in [0.4, 0.5) is 13.2 Å². The van der Waals surface area contributed by atoms with E-state index in [2.05, 4.69) is 24.5 Å². The third-order valence-corrected chi connectivity index (χ3v) is 4.44. The summed E-state index contributed by atoms with van der Waals surface area (Å²) in [4.78, 5) is 0. The minimum absolute atomic E-state index is 0.217. The zero-order valence-electron chi connectivity index (χ0n) is 11.1. The predicted molar refractivity (Wildman–Crippen MR) is 65.3 cm³/mol. The lowest BCUT2D eigenvalue weighted by Gasteiger charge is -2.42. The van der Waals surface area contributed by atoms with E-state index < -0.39 is 12.2 Å². The standard InChI is InChI=1S/C13H23F3N2/c1-8-5-9(2)12(18-6-8)10-3-4-11(17-7-10)13(14,15)16/h8-12,17-18H,3-7H2,1-2H3. The van der Waals surface area contributed by atoms with E-state index >= 15 is 0 Å². The molecule has 2 heterocycles. The molecule has 0 aliphatic carbocycles. The second kappa shape index (κ2) is 5.37. The summed E-state index contributed by atoms with van der Waals surface area (Å²) in [5, 5.41) is 6.19. The van der Waals surface area contributed by atoms with Crippen LogP contribution in [-0.4, -0.2) is 31.3 Å². The van der Waals surface area contributed by atoms with Gasteiger partial charge in [-0.3, -0.25) is 0 Å². The fourth-order valence-corrected chi connectivity index (χ4v) is 3.50. The molecule has 2 nitrogen and oxygen atoms in total. The van der Waals surface area contributed by atoms with Gasteiger partial charge in [0.05, 0.1) is 0 Å². The van der Waals surface area contributed by atoms with E-state index in [-0.39, 0.29) is 6.42 Å². The molecule has 0 spiro atoms. The first-order valence-electron chi connectivity index (χ1n) is 6.91. The van der Waals surface area contributed by atoms with Crippen molar-refractivity contribution in [1.82, 2.24) is 10.6 Å². The van der Waals surface area contributed by atoms with Crippen molar-refractivity contribution in [2.24, 2.45) is 17.8 Å². The molecule has 2 fully saturated rings. The topological polar surface area (TPSA) is 24.1 Å². The van der Waals surface area contributed by atoms with Crippen molar-refractivity contribution in [3.05, 3.63) is 0 Å². The van der Waals surface area contributed by atoms with Gasteiger partial charge in [0.2, 0.25) is 0 Å². The van der Waals surface area contributed by atoms with Gasteiger partial charge in [0.25, 0.3) is 0 Å². The molecule has 0 radical (unpaired) electrons. The number of halogens is 3. The van der Waals surface area contributed by atoms with Crippen LogP contribution in [0.15, 0.2) is 0 Å². The third-order valence-electron chi connectivity index (χ3n) is 4.44. The summed E-state index contributed by atoms with van der Waals surface area (Å²) in [5.74, 6) is 1.57. The molecule has 0 amide bonds. The molecule has 0 aromatic carbocycles. The zero-order chi connectivity index (χ0) is 13.3. The highest BCUT2D eigenvalue weighted by Gasteiger charge is 2.43. The number of nitrogens with one attached hydrogen (secondary N) is 2. The fourth-order valence-electron chi connectivity index (χ4n) is 3.50. The summed E-state index contributed by atoms with van der Waals surface area (Å²) in [6.45, 7) is 5.91. The van der Waals surface area contributed by atoms with Gasteiger partial charge in [-0.15, -0.1) is 0 Å². The van der Waals surface area contributed by atoms with E-state index in [0.29, 0.717) is 36.8 Å². The van der Waals surface area contributed by atoms with Crippen molar-refractivity contribution in [3.8, 4) is 0 Å². The lowest BCUT2D eigenvalue weighted by Crippen LogP contribution is -2.55. The van der Waals surface area contributed by atoms with Gasteiger partial charge in [0.15, 0.2) is 0 Å². The fraction of sp³-hybridized carbons (Fsp3) is 1.00. The van der Waals surface area contributed by atoms with Gasteiger partial charge in [0.1, 0.15) is 6.04 Å². The molecule has 5 unspecified atom stereocenters. The quantitative estimate of drug-likeness (QED) is 0.760. The Bertz CT molecular complexity index is 272. The van der Waals surface area contributed by atoms with Crippen LogP contribution in [0.5, 0.6) is 0 Å². The zero-order valence-corrected chi connectivity index (χ0v) is 11.1. The van der Waals surface area contributed by atoms with Crippen LogP contribution >= 0.6 is 0 Å². The minimum atomic E-state index is -4.09. The average molecular weight is 264 g/mol. The number of hydrogen-bond donors (Lipinski definition) is 2. The van der Waals surface area contributed by atoms with Gasteiger partial charge in [-0.2, -0.15) is 13.2 Å². The Morgan fingerprint density at radius 2 is 1.72 bits per heavy atom. The molecule has 0 saturated carbocycles. The number of alkyl halides is 3. The maximum absolute atomic E-state index is 12.6. The molecule has 2 rings (SSSR count). The van der Waals surface area contributed by atoms with E-state index in [1.165, 1.54) is 6.42 Å². The predicted octanol–water partition coefficient (Wildman–Crippen LogP) is 2.55. The van der Waals surface area contributed by atoms with Crippen LogP contribution in [0.25, 0.3) is 0 Å². The number of piperidine rings is 2. The van der Waals surface area contributed by atoms with E-state index in [0.717, 1.165) is 6.54 Å². The molecule has 2 aliphatic heterocycles. The van der Waals surface area contributed by atoms with E-state index in [1.54, 1.807) is 0 Å². The van der Waals surface area contributed by atoms with Crippen LogP contribution in [0.1, 0.15) is 33.1 Å². The molecule has 5 heteroatoms. The maximum Gasteiger partial charge on any atom is 0.403 e. The summed E-state index contributed by atoms with van der Waals surface area (Å²) in [7, 11) is 0. The smallest absolute Gasteiger partial charge is 0.313 e.